The van der Waals surface area contributed by atoms with Crippen LogP contribution in [0.15, 0.2) is 52.9 Å². The molecular weight excluding hydrogens is 320 g/mol. The largest absolute Gasteiger partial charge is 0.490 e. The summed E-state index contributed by atoms with van der Waals surface area (Å²) in [7, 11) is 1.58. The number of carbonyl (C=O) groups excluding carboxylic acids is 1. The number of hydrogen-bond donors (Lipinski definition) is 0. The summed E-state index contributed by atoms with van der Waals surface area (Å²) in [5.41, 5.74) is 2.37. The van der Waals surface area contributed by atoms with Crippen LogP contribution in [0.2, 0.25) is 0 Å². The van der Waals surface area contributed by atoms with Crippen LogP contribution in [0, 0.1) is 6.92 Å². The first-order valence-electron chi connectivity index (χ1n) is 8.05. The van der Waals surface area contributed by atoms with Gasteiger partial charge in [-0.15, -0.1) is 0 Å². The van der Waals surface area contributed by atoms with Crippen molar-refractivity contribution in [2.24, 2.45) is 0 Å². The predicted molar refractivity (Wildman–Crippen MR) is 93.9 cm³/mol. The highest BCUT2D eigenvalue weighted by Gasteiger charge is 2.21. The lowest BCUT2D eigenvalue weighted by Crippen LogP contribution is -2.13. The fraction of sp³-hybridized carbons (Fsp3) is 0.250. The van der Waals surface area contributed by atoms with Gasteiger partial charge >= 0.3 is 5.97 Å². The van der Waals surface area contributed by atoms with Crippen LogP contribution in [0.4, 0.5) is 0 Å². The average Bonchev–Trinajstić information content (AvgIpc) is 2.99. The summed E-state index contributed by atoms with van der Waals surface area (Å²) in [5, 5.41) is 0.854. The Morgan fingerprint density at radius 2 is 1.80 bits per heavy atom. The van der Waals surface area contributed by atoms with Crippen molar-refractivity contribution < 1.29 is 23.4 Å². The third kappa shape index (κ3) is 3.83. The molecule has 5 heteroatoms. The quantitative estimate of drug-likeness (QED) is 0.478. The Kier molecular flexibility index (Phi) is 5.36. The minimum Gasteiger partial charge on any atom is -0.490 e. The van der Waals surface area contributed by atoms with E-state index in [2.05, 4.69) is 0 Å². The van der Waals surface area contributed by atoms with Gasteiger partial charge in [0.25, 0.3) is 0 Å². The van der Waals surface area contributed by atoms with Gasteiger partial charge in [-0.2, -0.15) is 0 Å². The van der Waals surface area contributed by atoms with E-state index in [-0.39, 0.29) is 25.6 Å². The molecule has 0 bridgehead atoms. The molecule has 1 heterocycles. The molecule has 0 spiro atoms. The number of methoxy groups -OCH3 is 1. The number of ether oxygens (including phenoxy) is 3. The fourth-order valence-electron chi connectivity index (χ4n) is 2.62. The molecule has 2 aromatic carbocycles. The van der Waals surface area contributed by atoms with E-state index in [4.69, 9.17) is 18.6 Å². The summed E-state index contributed by atoms with van der Waals surface area (Å²) in [6.07, 6.45) is 0. The molecule has 0 N–H and O–H groups in total. The number of aryl methyl sites for hydroxylation is 1. The summed E-state index contributed by atoms with van der Waals surface area (Å²) in [6, 6.07) is 15.1. The third-order valence-electron chi connectivity index (χ3n) is 3.84. The maximum atomic E-state index is 12.4. The van der Waals surface area contributed by atoms with Gasteiger partial charge in [0.2, 0.25) is 5.76 Å². The highest BCUT2D eigenvalue weighted by atomic mass is 16.6. The molecule has 0 unspecified atom stereocenters. The molecule has 3 rings (SSSR count). The second kappa shape index (κ2) is 7.85. The van der Waals surface area contributed by atoms with E-state index in [0.717, 1.165) is 16.7 Å². The normalized spacial score (nSPS) is 10.8. The molecule has 25 heavy (non-hydrogen) atoms. The minimum absolute atomic E-state index is 0.136. The predicted octanol–water partition coefficient (Wildman–Crippen LogP) is 4.12. The average molecular weight is 340 g/mol. The highest BCUT2D eigenvalue weighted by Crippen LogP contribution is 2.27. The lowest BCUT2D eigenvalue weighted by molar-refractivity contribution is 0.0411. The lowest BCUT2D eigenvalue weighted by atomic mass is 10.1. The number of benzene rings is 2. The van der Waals surface area contributed by atoms with Gasteiger partial charge in [0.1, 0.15) is 24.5 Å². The van der Waals surface area contributed by atoms with Gasteiger partial charge in [-0.3, -0.25) is 0 Å². The summed E-state index contributed by atoms with van der Waals surface area (Å²) in [4.78, 5) is 12.4. The fourth-order valence-corrected chi connectivity index (χ4v) is 2.62. The van der Waals surface area contributed by atoms with Crippen molar-refractivity contribution in [2.45, 2.75) is 13.5 Å². The van der Waals surface area contributed by atoms with Crippen LogP contribution in [0.5, 0.6) is 5.75 Å². The molecule has 0 atom stereocenters. The zero-order valence-electron chi connectivity index (χ0n) is 14.3. The smallest absolute Gasteiger partial charge is 0.374 e. The van der Waals surface area contributed by atoms with Crippen LogP contribution in [-0.2, 0) is 16.1 Å². The second-order valence-electron chi connectivity index (χ2n) is 5.59. The van der Waals surface area contributed by atoms with E-state index in [9.17, 15) is 4.79 Å². The number of rotatable bonds is 7. The van der Waals surface area contributed by atoms with Crippen LogP contribution >= 0.6 is 0 Å². The lowest BCUT2D eigenvalue weighted by Gasteiger charge is -2.09. The molecule has 0 aliphatic rings. The molecule has 1 aromatic heterocycles. The maximum Gasteiger partial charge on any atom is 0.374 e. The first kappa shape index (κ1) is 17.0. The number of hydrogen-bond acceptors (Lipinski definition) is 5. The number of carbonyl (C=O) groups is 1. The van der Waals surface area contributed by atoms with E-state index in [1.54, 1.807) is 7.11 Å². The van der Waals surface area contributed by atoms with Crippen LogP contribution < -0.4 is 4.74 Å². The van der Waals surface area contributed by atoms with Crippen molar-refractivity contribution >= 4 is 16.9 Å². The summed E-state index contributed by atoms with van der Waals surface area (Å²) in [5.74, 6) is 0.443. The van der Waals surface area contributed by atoms with Crippen molar-refractivity contribution in [3.63, 3.8) is 0 Å². The van der Waals surface area contributed by atoms with E-state index < -0.39 is 5.97 Å². The Hall–Kier alpha value is -2.79. The Balaban J connectivity index is 1.64. The maximum absolute atomic E-state index is 12.4. The standard InChI is InChI=1S/C20H20O5/c1-14-7-3-5-9-17(14)23-11-12-24-20(21)19-16(13-22-2)15-8-4-6-10-18(15)25-19/h3-10H,11-13H2,1-2H3. The van der Waals surface area contributed by atoms with Crippen molar-refractivity contribution in [2.75, 3.05) is 20.3 Å². The number of para-hydroxylation sites is 2. The molecule has 0 saturated heterocycles. The van der Waals surface area contributed by atoms with Crippen LogP contribution in [0.3, 0.4) is 0 Å². The first-order chi connectivity index (χ1) is 12.2. The van der Waals surface area contributed by atoms with Crippen LogP contribution in [-0.4, -0.2) is 26.3 Å². The first-order valence-corrected chi connectivity index (χ1v) is 8.05. The van der Waals surface area contributed by atoms with Gasteiger partial charge in [0, 0.05) is 18.1 Å². The Morgan fingerprint density at radius 1 is 1.04 bits per heavy atom. The van der Waals surface area contributed by atoms with E-state index >= 15 is 0 Å². The number of furan rings is 1. The topological polar surface area (TPSA) is 57.9 Å². The van der Waals surface area contributed by atoms with Crippen molar-refractivity contribution in [3.05, 3.63) is 65.4 Å². The van der Waals surface area contributed by atoms with Gasteiger partial charge in [0.15, 0.2) is 0 Å². The van der Waals surface area contributed by atoms with Gasteiger partial charge < -0.3 is 18.6 Å². The van der Waals surface area contributed by atoms with Gasteiger partial charge in [-0.05, 0) is 24.6 Å². The van der Waals surface area contributed by atoms with Crippen molar-refractivity contribution in [1.82, 2.24) is 0 Å². The molecule has 0 aliphatic carbocycles. The third-order valence-corrected chi connectivity index (χ3v) is 3.84. The molecule has 0 amide bonds. The molecule has 0 fully saturated rings. The van der Waals surface area contributed by atoms with Crippen LogP contribution in [0.25, 0.3) is 11.0 Å². The molecule has 5 nitrogen and oxygen atoms in total. The Labute approximate surface area is 146 Å². The SMILES string of the molecule is COCc1c(C(=O)OCCOc2ccccc2C)oc2ccccc12. The van der Waals surface area contributed by atoms with Crippen molar-refractivity contribution in [3.8, 4) is 5.75 Å². The molecule has 130 valence electrons. The van der Waals surface area contributed by atoms with Crippen LogP contribution in [0.1, 0.15) is 21.7 Å². The van der Waals surface area contributed by atoms with Gasteiger partial charge in [-0.1, -0.05) is 36.4 Å². The van der Waals surface area contributed by atoms with Gasteiger partial charge in [-0.25, -0.2) is 4.79 Å². The van der Waals surface area contributed by atoms with E-state index in [0.29, 0.717) is 11.1 Å². The molecule has 0 aliphatic heterocycles. The zero-order valence-corrected chi connectivity index (χ0v) is 14.3. The summed E-state index contributed by atoms with van der Waals surface area (Å²) < 4.78 is 21.8. The summed E-state index contributed by atoms with van der Waals surface area (Å²) in [6.45, 7) is 2.65. The molecule has 3 aromatic rings. The Morgan fingerprint density at radius 3 is 2.60 bits per heavy atom. The number of esters is 1. The monoisotopic (exact) mass is 340 g/mol. The van der Waals surface area contributed by atoms with E-state index in [1.165, 1.54) is 0 Å². The summed E-state index contributed by atoms with van der Waals surface area (Å²) >= 11 is 0. The highest BCUT2D eigenvalue weighted by molar-refractivity contribution is 5.96. The minimum atomic E-state index is -0.517. The van der Waals surface area contributed by atoms with Gasteiger partial charge in [0.05, 0.1) is 6.61 Å². The van der Waals surface area contributed by atoms with Crippen molar-refractivity contribution in [1.29, 1.82) is 0 Å². The molecular formula is C20H20O5. The van der Waals surface area contributed by atoms with E-state index in [1.807, 2.05) is 55.5 Å². The Bertz CT molecular complexity index is 865. The number of fused-ring (bicyclic) bond motifs is 1. The molecule has 0 saturated carbocycles. The molecule has 0 radical (unpaired) electrons. The second-order valence-corrected chi connectivity index (χ2v) is 5.59. The zero-order chi connectivity index (χ0) is 17.6.